The van der Waals surface area contributed by atoms with Gasteiger partial charge in [0.25, 0.3) is 5.91 Å². The van der Waals surface area contributed by atoms with Crippen molar-refractivity contribution in [3.05, 3.63) is 77.4 Å². The standard InChI is InChI=1S/C29H30N2O4/c1-4-15-31(3)27(32)21-8-6-20(7-9-21)24-17-23(11-5-19(24)2)30-28(33)29(13-14-29)22-10-12-25-26(16-22)35-18-34-25/h5-12,16-17H,4,13-15,18H2,1-3H3,(H,30,33). The average Bonchev–Trinajstić information content (AvgIpc) is 3.55. The number of nitrogens with zero attached hydrogens (tertiary/aromatic N) is 1. The van der Waals surface area contributed by atoms with E-state index in [-0.39, 0.29) is 18.6 Å². The number of aryl methyl sites for hydroxylation is 1. The highest BCUT2D eigenvalue weighted by Gasteiger charge is 2.51. The van der Waals surface area contributed by atoms with E-state index < -0.39 is 5.41 Å². The molecule has 2 amide bonds. The Morgan fingerprint density at radius 3 is 2.43 bits per heavy atom. The molecule has 35 heavy (non-hydrogen) atoms. The molecule has 1 fully saturated rings. The Morgan fingerprint density at radius 2 is 1.71 bits per heavy atom. The third-order valence-electron chi connectivity index (χ3n) is 6.95. The number of carbonyl (C=O) groups is 2. The van der Waals surface area contributed by atoms with Crippen molar-refractivity contribution in [3.63, 3.8) is 0 Å². The van der Waals surface area contributed by atoms with Crippen LogP contribution in [0.3, 0.4) is 0 Å². The number of hydrogen-bond acceptors (Lipinski definition) is 4. The maximum atomic E-state index is 13.3. The lowest BCUT2D eigenvalue weighted by Gasteiger charge is -2.18. The van der Waals surface area contributed by atoms with E-state index in [4.69, 9.17) is 9.47 Å². The number of fused-ring (bicyclic) bond motifs is 1. The van der Waals surface area contributed by atoms with Crippen LogP contribution < -0.4 is 14.8 Å². The number of nitrogens with one attached hydrogen (secondary N) is 1. The van der Waals surface area contributed by atoms with Gasteiger partial charge in [-0.15, -0.1) is 0 Å². The lowest BCUT2D eigenvalue weighted by molar-refractivity contribution is -0.118. The van der Waals surface area contributed by atoms with Crippen molar-refractivity contribution < 1.29 is 19.1 Å². The van der Waals surface area contributed by atoms with Crippen LogP contribution in [-0.4, -0.2) is 37.1 Å². The number of hydrogen-bond donors (Lipinski definition) is 1. The molecule has 0 spiro atoms. The van der Waals surface area contributed by atoms with E-state index >= 15 is 0 Å². The van der Waals surface area contributed by atoms with Gasteiger partial charge < -0.3 is 19.7 Å². The molecule has 180 valence electrons. The predicted molar refractivity (Wildman–Crippen MR) is 136 cm³/mol. The molecular formula is C29H30N2O4. The normalized spacial score (nSPS) is 14.9. The molecule has 0 bridgehead atoms. The molecule has 1 heterocycles. The Kier molecular flexibility index (Phi) is 5.97. The molecule has 6 heteroatoms. The summed E-state index contributed by atoms with van der Waals surface area (Å²) in [5, 5.41) is 3.14. The van der Waals surface area contributed by atoms with E-state index in [1.807, 2.05) is 74.6 Å². The highest BCUT2D eigenvalue weighted by molar-refractivity contribution is 6.02. The fourth-order valence-electron chi connectivity index (χ4n) is 4.68. The van der Waals surface area contributed by atoms with Crippen molar-refractivity contribution >= 4 is 17.5 Å². The van der Waals surface area contributed by atoms with Gasteiger partial charge in [-0.25, -0.2) is 0 Å². The Labute approximate surface area is 205 Å². The Morgan fingerprint density at radius 1 is 0.971 bits per heavy atom. The van der Waals surface area contributed by atoms with Crippen molar-refractivity contribution in [2.24, 2.45) is 0 Å². The molecule has 0 unspecified atom stereocenters. The fraction of sp³-hybridized carbons (Fsp3) is 0.310. The van der Waals surface area contributed by atoms with Crippen LogP contribution in [0.2, 0.25) is 0 Å². The first-order valence-electron chi connectivity index (χ1n) is 12.1. The lowest BCUT2D eigenvalue weighted by Crippen LogP contribution is -2.27. The molecule has 0 radical (unpaired) electrons. The number of benzene rings is 3. The summed E-state index contributed by atoms with van der Waals surface area (Å²) in [6, 6.07) is 19.4. The van der Waals surface area contributed by atoms with Gasteiger partial charge in [-0.3, -0.25) is 9.59 Å². The molecule has 1 saturated carbocycles. The van der Waals surface area contributed by atoms with E-state index in [2.05, 4.69) is 12.2 Å². The Balaban J connectivity index is 1.34. The van der Waals surface area contributed by atoms with Crippen LogP contribution in [-0.2, 0) is 10.2 Å². The van der Waals surface area contributed by atoms with Crippen LogP contribution in [0.15, 0.2) is 60.7 Å². The lowest BCUT2D eigenvalue weighted by atomic mass is 9.94. The van der Waals surface area contributed by atoms with Crippen molar-refractivity contribution in [1.29, 1.82) is 0 Å². The van der Waals surface area contributed by atoms with Crippen molar-refractivity contribution in [3.8, 4) is 22.6 Å². The first-order valence-corrected chi connectivity index (χ1v) is 12.1. The van der Waals surface area contributed by atoms with Gasteiger partial charge in [0.1, 0.15) is 0 Å². The van der Waals surface area contributed by atoms with E-state index in [0.717, 1.165) is 59.5 Å². The van der Waals surface area contributed by atoms with E-state index in [1.165, 1.54) is 0 Å². The number of amides is 2. The Bertz CT molecular complexity index is 1280. The number of rotatable bonds is 7. The van der Waals surface area contributed by atoms with Crippen LogP contribution in [0, 0.1) is 6.92 Å². The summed E-state index contributed by atoms with van der Waals surface area (Å²) in [7, 11) is 1.83. The molecule has 6 nitrogen and oxygen atoms in total. The second-order valence-corrected chi connectivity index (χ2v) is 9.44. The average molecular weight is 471 g/mol. The maximum absolute atomic E-state index is 13.3. The minimum atomic E-state index is -0.529. The summed E-state index contributed by atoms with van der Waals surface area (Å²) in [4.78, 5) is 27.6. The monoisotopic (exact) mass is 470 g/mol. The van der Waals surface area contributed by atoms with Gasteiger partial charge in [-0.2, -0.15) is 0 Å². The first kappa shape index (κ1) is 23.0. The van der Waals surface area contributed by atoms with Crippen molar-refractivity contribution in [2.45, 2.75) is 38.5 Å². The predicted octanol–water partition coefficient (Wildman–Crippen LogP) is 5.54. The molecule has 1 aliphatic carbocycles. The molecule has 2 aliphatic rings. The van der Waals surface area contributed by atoms with E-state index in [1.54, 1.807) is 4.90 Å². The van der Waals surface area contributed by atoms with Gasteiger partial charge in [0.2, 0.25) is 12.7 Å². The number of anilines is 1. The highest BCUT2D eigenvalue weighted by Crippen LogP contribution is 2.51. The minimum absolute atomic E-state index is 0.00826. The van der Waals surface area contributed by atoms with Crippen LogP contribution in [0.5, 0.6) is 11.5 Å². The molecule has 5 rings (SSSR count). The maximum Gasteiger partial charge on any atom is 0.253 e. The highest BCUT2D eigenvalue weighted by atomic mass is 16.7. The van der Waals surface area contributed by atoms with Gasteiger partial charge in [0.05, 0.1) is 5.41 Å². The molecule has 3 aromatic carbocycles. The third kappa shape index (κ3) is 4.36. The van der Waals surface area contributed by atoms with Gasteiger partial charge in [-0.05, 0) is 84.8 Å². The van der Waals surface area contributed by atoms with Crippen LogP contribution in [0.1, 0.15) is 47.7 Å². The summed E-state index contributed by atoms with van der Waals surface area (Å²) >= 11 is 0. The molecule has 0 saturated heterocycles. The van der Waals surface area contributed by atoms with Gasteiger partial charge in [0, 0.05) is 24.8 Å². The Hall–Kier alpha value is -3.80. The number of ether oxygens (including phenoxy) is 2. The fourth-order valence-corrected chi connectivity index (χ4v) is 4.68. The summed E-state index contributed by atoms with van der Waals surface area (Å²) in [6.45, 7) is 5.05. The zero-order valence-electron chi connectivity index (χ0n) is 20.4. The summed E-state index contributed by atoms with van der Waals surface area (Å²) in [6.07, 6.45) is 2.53. The van der Waals surface area contributed by atoms with Crippen LogP contribution in [0.4, 0.5) is 5.69 Å². The minimum Gasteiger partial charge on any atom is -0.454 e. The smallest absolute Gasteiger partial charge is 0.253 e. The summed E-state index contributed by atoms with van der Waals surface area (Å²) in [5.41, 5.74) is 4.99. The molecule has 1 N–H and O–H groups in total. The van der Waals surface area contributed by atoms with Gasteiger partial charge in [-0.1, -0.05) is 31.2 Å². The van der Waals surface area contributed by atoms with Crippen LogP contribution in [0.25, 0.3) is 11.1 Å². The SMILES string of the molecule is CCCN(C)C(=O)c1ccc(-c2cc(NC(=O)C3(c4ccc5c(c4)OCO5)CC3)ccc2C)cc1. The van der Waals surface area contributed by atoms with Gasteiger partial charge >= 0.3 is 0 Å². The topological polar surface area (TPSA) is 67.9 Å². The van der Waals surface area contributed by atoms with Crippen LogP contribution >= 0.6 is 0 Å². The second-order valence-electron chi connectivity index (χ2n) is 9.44. The molecule has 0 atom stereocenters. The zero-order chi connectivity index (χ0) is 24.6. The van der Waals surface area contributed by atoms with Crippen molar-refractivity contribution in [2.75, 3.05) is 25.7 Å². The van der Waals surface area contributed by atoms with E-state index in [0.29, 0.717) is 11.3 Å². The van der Waals surface area contributed by atoms with Gasteiger partial charge in [0.15, 0.2) is 11.5 Å². The number of carbonyl (C=O) groups excluding carboxylic acids is 2. The second kappa shape index (κ2) is 9.10. The molecule has 1 aliphatic heterocycles. The third-order valence-corrected chi connectivity index (χ3v) is 6.95. The summed E-state index contributed by atoms with van der Waals surface area (Å²) < 4.78 is 10.9. The molecule has 3 aromatic rings. The largest absolute Gasteiger partial charge is 0.454 e. The van der Waals surface area contributed by atoms with E-state index in [9.17, 15) is 9.59 Å². The zero-order valence-corrected chi connectivity index (χ0v) is 20.4. The molecular weight excluding hydrogens is 440 g/mol. The first-order chi connectivity index (χ1) is 16.9. The molecule has 0 aromatic heterocycles. The van der Waals surface area contributed by atoms with Crippen molar-refractivity contribution in [1.82, 2.24) is 4.90 Å². The quantitative estimate of drug-likeness (QED) is 0.492. The summed E-state index contributed by atoms with van der Waals surface area (Å²) in [5.74, 6) is 1.43.